The van der Waals surface area contributed by atoms with Crippen LogP contribution in [0, 0.1) is 0 Å². The van der Waals surface area contributed by atoms with Gasteiger partial charge < -0.3 is 4.74 Å². The van der Waals surface area contributed by atoms with E-state index in [2.05, 4.69) is 32.5 Å². The summed E-state index contributed by atoms with van der Waals surface area (Å²) in [4.78, 5) is 12.0. The summed E-state index contributed by atoms with van der Waals surface area (Å²) < 4.78 is 6.47. The molecule has 0 unspecified atom stereocenters. The van der Waals surface area contributed by atoms with Crippen molar-refractivity contribution in [2.75, 3.05) is 6.61 Å². The van der Waals surface area contributed by atoms with E-state index in [1.807, 2.05) is 72.8 Å². The highest BCUT2D eigenvalue weighted by Crippen LogP contribution is 2.32. The lowest BCUT2D eigenvalue weighted by atomic mass is 10.1. The van der Waals surface area contributed by atoms with Crippen molar-refractivity contribution in [2.45, 2.75) is 0 Å². The van der Waals surface area contributed by atoms with Crippen LogP contribution in [-0.2, 0) is 4.79 Å². The van der Waals surface area contributed by atoms with Gasteiger partial charge >= 0.3 is 0 Å². The predicted octanol–water partition coefficient (Wildman–Crippen LogP) is 5.28. The second-order valence-electron chi connectivity index (χ2n) is 6.29. The fraction of sp³-hybridized carbons (Fsp3) is 0.0435. The molecule has 138 valence electrons. The number of hydrogen-bond acceptors (Lipinski definition) is 3. The Morgan fingerprint density at radius 1 is 0.929 bits per heavy atom. The topological polar surface area (TPSA) is 50.7 Å². The molecule has 0 atom stereocenters. The number of fused-ring (bicyclic) bond motifs is 2. The Morgan fingerprint density at radius 3 is 2.50 bits per heavy atom. The Hall–Kier alpha value is -3.18. The molecular weight excluding hydrogens is 416 g/mol. The number of benzene rings is 4. The third-order valence-corrected chi connectivity index (χ3v) is 5.18. The molecule has 0 aromatic heterocycles. The molecule has 0 aliphatic rings. The van der Waals surface area contributed by atoms with Gasteiger partial charge in [-0.25, -0.2) is 5.43 Å². The number of nitrogens with zero attached hydrogens (tertiary/aromatic N) is 1. The van der Waals surface area contributed by atoms with E-state index in [0.717, 1.165) is 31.6 Å². The van der Waals surface area contributed by atoms with Crippen molar-refractivity contribution in [2.24, 2.45) is 5.10 Å². The van der Waals surface area contributed by atoms with Gasteiger partial charge in [-0.1, -0.05) is 66.7 Å². The number of amides is 1. The van der Waals surface area contributed by atoms with Crippen LogP contribution in [0.2, 0.25) is 0 Å². The molecular formula is C23H17BrN2O2. The molecule has 0 saturated heterocycles. The molecule has 4 aromatic rings. The van der Waals surface area contributed by atoms with Crippen LogP contribution in [-0.4, -0.2) is 18.7 Å². The minimum atomic E-state index is -0.322. The number of carbonyl (C=O) groups excluding carboxylic acids is 1. The maximum absolute atomic E-state index is 12.0. The lowest BCUT2D eigenvalue weighted by molar-refractivity contribution is -0.123. The fourth-order valence-corrected chi connectivity index (χ4v) is 3.58. The summed E-state index contributed by atoms with van der Waals surface area (Å²) in [6.07, 6.45) is 1.62. The Morgan fingerprint density at radius 2 is 1.64 bits per heavy atom. The average molecular weight is 433 g/mol. The smallest absolute Gasteiger partial charge is 0.277 e. The first-order chi connectivity index (χ1) is 13.7. The summed E-state index contributed by atoms with van der Waals surface area (Å²) in [6.45, 7) is -0.119. The van der Waals surface area contributed by atoms with Gasteiger partial charge in [0.1, 0.15) is 5.75 Å². The molecule has 0 aliphatic carbocycles. The van der Waals surface area contributed by atoms with Gasteiger partial charge in [0.2, 0.25) is 0 Å². The van der Waals surface area contributed by atoms with Crippen molar-refractivity contribution in [3.8, 4) is 5.75 Å². The van der Waals surface area contributed by atoms with Crippen LogP contribution in [0.5, 0.6) is 5.75 Å². The number of nitrogens with one attached hydrogen (secondary N) is 1. The molecule has 28 heavy (non-hydrogen) atoms. The molecule has 0 fully saturated rings. The van der Waals surface area contributed by atoms with Gasteiger partial charge in [-0.15, -0.1) is 0 Å². The molecule has 0 saturated carbocycles. The monoisotopic (exact) mass is 432 g/mol. The van der Waals surface area contributed by atoms with Crippen LogP contribution in [0.15, 0.2) is 88.4 Å². The highest BCUT2D eigenvalue weighted by atomic mass is 79.9. The van der Waals surface area contributed by atoms with Crippen LogP contribution in [0.1, 0.15) is 5.56 Å². The van der Waals surface area contributed by atoms with Crippen molar-refractivity contribution in [1.82, 2.24) is 5.43 Å². The van der Waals surface area contributed by atoms with E-state index in [9.17, 15) is 4.79 Å². The zero-order chi connectivity index (χ0) is 19.3. The number of rotatable bonds is 5. The van der Waals surface area contributed by atoms with Crippen molar-refractivity contribution in [1.29, 1.82) is 0 Å². The van der Waals surface area contributed by atoms with E-state index < -0.39 is 0 Å². The van der Waals surface area contributed by atoms with E-state index in [-0.39, 0.29) is 12.5 Å². The van der Waals surface area contributed by atoms with Crippen LogP contribution < -0.4 is 10.2 Å². The SMILES string of the molecule is O=C(COc1ccc2ccccc2c1Br)N/N=C\c1ccc2ccccc2c1. The van der Waals surface area contributed by atoms with Crippen molar-refractivity contribution in [3.05, 3.63) is 88.9 Å². The molecule has 4 rings (SSSR count). The summed E-state index contributed by atoms with van der Waals surface area (Å²) >= 11 is 3.55. The lowest BCUT2D eigenvalue weighted by Gasteiger charge is -2.09. The fourth-order valence-electron chi connectivity index (χ4n) is 2.97. The second-order valence-corrected chi connectivity index (χ2v) is 7.08. The number of ether oxygens (including phenoxy) is 1. The third kappa shape index (κ3) is 4.05. The minimum absolute atomic E-state index is 0.119. The zero-order valence-corrected chi connectivity index (χ0v) is 16.5. The number of hydrogen-bond donors (Lipinski definition) is 1. The molecule has 0 bridgehead atoms. The summed E-state index contributed by atoms with van der Waals surface area (Å²) in [6, 6.07) is 25.9. The van der Waals surface area contributed by atoms with Gasteiger partial charge in [0, 0.05) is 0 Å². The summed E-state index contributed by atoms with van der Waals surface area (Å²) in [7, 11) is 0. The molecule has 1 N–H and O–H groups in total. The predicted molar refractivity (Wildman–Crippen MR) is 117 cm³/mol. The van der Waals surface area contributed by atoms with Crippen LogP contribution in [0.3, 0.4) is 0 Å². The van der Waals surface area contributed by atoms with Crippen molar-refractivity contribution >= 4 is 49.6 Å². The summed E-state index contributed by atoms with van der Waals surface area (Å²) in [5, 5.41) is 8.45. The highest BCUT2D eigenvalue weighted by molar-refractivity contribution is 9.10. The second kappa shape index (κ2) is 8.23. The quantitative estimate of drug-likeness (QED) is 0.344. The zero-order valence-electron chi connectivity index (χ0n) is 14.9. The number of halogens is 1. The lowest BCUT2D eigenvalue weighted by Crippen LogP contribution is -2.24. The van der Waals surface area contributed by atoms with E-state index >= 15 is 0 Å². The van der Waals surface area contributed by atoms with Crippen molar-refractivity contribution < 1.29 is 9.53 Å². The molecule has 4 aromatic carbocycles. The molecule has 0 aliphatic heterocycles. The molecule has 0 heterocycles. The Balaban J connectivity index is 1.36. The molecule has 0 spiro atoms. The van der Waals surface area contributed by atoms with E-state index in [1.54, 1.807) is 6.21 Å². The van der Waals surface area contributed by atoms with Crippen molar-refractivity contribution in [3.63, 3.8) is 0 Å². The third-order valence-electron chi connectivity index (χ3n) is 4.36. The minimum Gasteiger partial charge on any atom is -0.483 e. The molecule has 0 radical (unpaired) electrons. The Labute approximate surface area is 171 Å². The van der Waals surface area contributed by atoms with E-state index in [4.69, 9.17) is 4.74 Å². The molecule has 1 amide bonds. The maximum Gasteiger partial charge on any atom is 0.277 e. The molecule has 5 heteroatoms. The van der Waals surface area contributed by atoms with Gasteiger partial charge in [0.05, 0.1) is 10.7 Å². The average Bonchev–Trinajstić information content (AvgIpc) is 2.73. The van der Waals surface area contributed by atoms with Crippen LogP contribution in [0.4, 0.5) is 0 Å². The van der Waals surface area contributed by atoms with Gasteiger partial charge in [0.25, 0.3) is 5.91 Å². The maximum atomic E-state index is 12.0. The van der Waals surface area contributed by atoms with Gasteiger partial charge in [0.15, 0.2) is 6.61 Å². The molecule has 4 nitrogen and oxygen atoms in total. The van der Waals surface area contributed by atoms with E-state index in [1.165, 1.54) is 0 Å². The largest absolute Gasteiger partial charge is 0.483 e. The first-order valence-corrected chi connectivity index (χ1v) is 9.61. The normalized spacial score (nSPS) is 11.2. The first-order valence-electron chi connectivity index (χ1n) is 8.81. The first kappa shape index (κ1) is 18.2. The Bertz CT molecular complexity index is 1190. The van der Waals surface area contributed by atoms with Crippen LogP contribution in [0.25, 0.3) is 21.5 Å². The van der Waals surface area contributed by atoms with Gasteiger partial charge in [-0.05, 0) is 55.2 Å². The van der Waals surface area contributed by atoms with Gasteiger partial charge in [-0.3, -0.25) is 4.79 Å². The number of hydrazone groups is 1. The summed E-state index contributed by atoms with van der Waals surface area (Å²) in [5.74, 6) is 0.296. The summed E-state index contributed by atoms with van der Waals surface area (Å²) in [5.41, 5.74) is 3.41. The standard InChI is InChI=1S/C23H17BrN2O2/c24-23-20-8-4-3-6-18(20)11-12-21(23)28-15-22(27)26-25-14-16-9-10-17-5-1-2-7-19(17)13-16/h1-14H,15H2,(H,26,27)/b25-14-. The highest BCUT2D eigenvalue weighted by Gasteiger charge is 2.08. The van der Waals surface area contributed by atoms with Crippen LogP contribution >= 0.6 is 15.9 Å². The van der Waals surface area contributed by atoms with Gasteiger partial charge in [-0.2, -0.15) is 5.10 Å². The number of carbonyl (C=O) groups is 1. The van der Waals surface area contributed by atoms with E-state index in [0.29, 0.717) is 5.75 Å². The Kier molecular flexibility index (Phi) is 5.35.